The third kappa shape index (κ3) is 2.96. The summed E-state index contributed by atoms with van der Waals surface area (Å²) in [7, 11) is 0. The van der Waals surface area contributed by atoms with Crippen molar-refractivity contribution in [1.29, 1.82) is 0 Å². The summed E-state index contributed by atoms with van der Waals surface area (Å²) in [5.74, 6) is 1.67. The zero-order valence-electron chi connectivity index (χ0n) is 10.9. The lowest BCUT2D eigenvalue weighted by molar-refractivity contribution is 0.360. The fraction of sp³-hybridized carbons (Fsp3) is 0.429. The number of hydrogen-bond donors (Lipinski definition) is 1. The molecule has 96 valence electrons. The number of rotatable bonds is 5. The molecule has 0 aliphatic heterocycles. The summed E-state index contributed by atoms with van der Waals surface area (Å²) in [4.78, 5) is 4.39. The third-order valence-corrected chi connectivity index (χ3v) is 3.01. The Morgan fingerprint density at radius 3 is 2.61 bits per heavy atom. The molecule has 0 aliphatic carbocycles. The Hall–Kier alpha value is -1.68. The summed E-state index contributed by atoms with van der Waals surface area (Å²) in [5, 5.41) is 4.00. The van der Waals surface area contributed by atoms with Crippen molar-refractivity contribution in [3.63, 3.8) is 0 Å². The number of nitrogens with zero attached hydrogens (tertiary/aromatic N) is 2. The topological polar surface area (TPSA) is 64.9 Å². The summed E-state index contributed by atoms with van der Waals surface area (Å²) >= 11 is 0. The molecular weight excluding hydrogens is 226 g/mol. The summed E-state index contributed by atoms with van der Waals surface area (Å²) in [6, 6.07) is 8.24. The molecule has 0 bridgehead atoms. The number of aryl methyl sites for hydroxylation is 1. The third-order valence-electron chi connectivity index (χ3n) is 3.01. The SMILES string of the molecule is CCc1ccc(-c2noc(CC(C)CN)n2)cc1. The van der Waals surface area contributed by atoms with Crippen LogP contribution < -0.4 is 5.73 Å². The van der Waals surface area contributed by atoms with Crippen LogP contribution in [0.15, 0.2) is 28.8 Å². The second kappa shape index (κ2) is 5.78. The van der Waals surface area contributed by atoms with Gasteiger partial charge in [0.1, 0.15) is 0 Å². The molecular formula is C14H19N3O. The molecule has 2 aromatic rings. The maximum Gasteiger partial charge on any atom is 0.227 e. The van der Waals surface area contributed by atoms with Crippen molar-refractivity contribution in [2.75, 3.05) is 6.54 Å². The van der Waals surface area contributed by atoms with Crippen molar-refractivity contribution in [3.8, 4) is 11.4 Å². The molecule has 1 heterocycles. The highest BCUT2D eigenvalue weighted by atomic mass is 16.5. The average Bonchev–Trinajstić information content (AvgIpc) is 2.87. The first-order valence-electron chi connectivity index (χ1n) is 6.35. The van der Waals surface area contributed by atoms with Gasteiger partial charge in [-0.1, -0.05) is 43.3 Å². The van der Waals surface area contributed by atoms with Gasteiger partial charge in [-0.25, -0.2) is 0 Å². The molecule has 1 unspecified atom stereocenters. The maximum atomic E-state index is 5.58. The van der Waals surface area contributed by atoms with Crippen molar-refractivity contribution >= 4 is 0 Å². The van der Waals surface area contributed by atoms with Crippen LogP contribution in [-0.2, 0) is 12.8 Å². The molecule has 0 fully saturated rings. The number of nitrogens with two attached hydrogens (primary N) is 1. The highest BCUT2D eigenvalue weighted by Gasteiger charge is 2.11. The van der Waals surface area contributed by atoms with E-state index >= 15 is 0 Å². The minimum Gasteiger partial charge on any atom is -0.339 e. The lowest BCUT2D eigenvalue weighted by Gasteiger charge is -2.02. The van der Waals surface area contributed by atoms with Gasteiger partial charge in [-0.3, -0.25) is 0 Å². The molecule has 18 heavy (non-hydrogen) atoms. The molecule has 2 N–H and O–H groups in total. The number of hydrogen-bond acceptors (Lipinski definition) is 4. The largest absolute Gasteiger partial charge is 0.339 e. The predicted molar refractivity (Wildman–Crippen MR) is 71.0 cm³/mol. The van der Waals surface area contributed by atoms with Gasteiger partial charge in [0.2, 0.25) is 11.7 Å². The van der Waals surface area contributed by atoms with Crippen LogP contribution in [0.1, 0.15) is 25.3 Å². The van der Waals surface area contributed by atoms with Gasteiger partial charge in [-0.15, -0.1) is 0 Å². The second-order valence-corrected chi connectivity index (χ2v) is 4.61. The lowest BCUT2D eigenvalue weighted by atomic mass is 10.1. The fourth-order valence-corrected chi connectivity index (χ4v) is 1.73. The van der Waals surface area contributed by atoms with Gasteiger partial charge < -0.3 is 10.3 Å². The van der Waals surface area contributed by atoms with Gasteiger partial charge in [0.15, 0.2) is 0 Å². The van der Waals surface area contributed by atoms with E-state index in [0.29, 0.717) is 24.2 Å². The molecule has 4 heteroatoms. The van der Waals surface area contributed by atoms with Crippen LogP contribution in [0.25, 0.3) is 11.4 Å². The number of benzene rings is 1. The minimum absolute atomic E-state index is 0.362. The van der Waals surface area contributed by atoms with E-state index in [-0.39, 0.29) is 0 Å². The Morgan fingerprint density at radius 2 is 2.00 bits per heavy atom. The zero-order valence-corrected chi connectivity index (χ0v) is 10.9. The van der Waals surface area contributed by atoms with Crippen LogP contribution in [0.3, 0.4) is 0 Å². The summed E-state index contributed by atoms with van der Waals surface area (Å²) in [5.41, 5.74) is 7.87. The van der Waals surface area contributed by atoms with Crippen LogP contribution >= 0.6 is 0 Å². The second-order valence-electron chi connectivity index (χ2n) is 4.61. The quantitative estimate of drug-likeness (QED) is 0.878. The number of aromatic nitrogens is 2. The van der Waals surface area contributed by atoms with E-state index in [1.165, 1.54) is 5.56 Å². The van der Waals surface area contributed by atoms with E-state index in [2.05, 4.69) is 36.1 Å². The Morgan fingerprint density at radius 1 is 1.28 bits per heavy atom. The normalized spacial score (nSPS) is 12.6. The molecule has 2 rings (SSSR count). The molecule has 4 nitrogen and oxygen atoms in total. The van der Waals surface area contributed by atoms with Crippen LogP contribution in [0.5, 0.6) is 0 Å². The summed E-state index contributed by atoms with van der Waals surface area (Å²) in [6.45, 7) is 4.83. The molecule has 1 atom stereocenters. The van der Waals surface area contributed by atoms with Crippen molar-refractivity contribution in [1.82, 2.24) is 10.1 Å². The van der Waals surface area contributed by atoms with Gasteiger partial charge in [0.05, 0.1) is 0 Å². The van der Waals surface area contributed by atoms with Crippen LogP contribution in [-0.4, -0.2) is 16.7 Å². The van der Waals surface area contributed by atoms with E-state index in [0.717, 1.165) is 18.4 Å². The van der Waals surface area contributed by atoms with Crippen molar-refractivity contribution in [2.45, 2.75) is 26.7 Å². The Bertz CT molecular complexity index is 490. The predicted octanol–water partition coefficient (Wildman–Crippen LogP) is 2.44. The van der Waals surface area contributed by atoms with E-state index in [4.69, 9.17) is 10.3 Å². The van der Waals surface area contributed by atoms with E-state index in [1.807, 2.05) is 12.1 Å². The Kier molecular flexibility index (Phi) is 4.10. The molecule has 0 aliphatic rings. The molecule has 0 saturated carbocycles. The minimum atomic E-state index is 0.362. The molecule has 1 aromatic carbocycles. The molecule has 0 amide bonds. The first-order valence-corrected chi connectivity index (χ1v) is 6.35. The molecule has 1 aromatic heterocycles. The van der Waals surface area contributed by atoms with E-state index in [1.54, 1.807) is 0 Å². The van der Waals surface area contributed by atoms with Gasteiger partial charge in [-0.05, 0) is 24.4 Å². The van der Waals surface area contributed by atoms with Crippen molar-refractivity contribution in [3.05, 3.63) is 35.7 Å². The van der Waals surface area contributed by atoms with Crippen molar-refractivity contribution < 1.29 is 4.52 Å². The summed E-state index contributed by atoms with van der Waals surface area (Å²) in [6.07, 6.45) is 1.77. The molecule has 0 spiro atoms. The van der Waals surface area contributed by atoms with E-state index in [9.17, 15) is 0 Å². The monoisotopic (exact) mass is 245 g/mol. The standard InChI is InChI=1S/C14H19N3O/c1-3-11-4-6-12(7-5-11)14-16-13(18-17-14)8-10(2)9-15/h4-7,10H,3,8-9,15H2,1-2H3. The smallest absolute Gasteiger partial charge is 0.227 e. The lowest BCUT2D eigenvalue weighted by Crippen LogP contribution is -2.13. The molecule has 0 saturated heterocycles. The summed E-state index contributed by atoms with van der Waals surface area (Å²) < 4.78 is 5.23. The molecule has 0 radical (unpaired) electrons. The van der Waals surface area contributed by atoms with Crippen LogP contribution in [0, 0.1) is 5.92 Å². The Labute approximate surface area is 107 Å². The van der Waals surface area contributed by atoms with E-state index < -0.39 is 0 Å². The highest BCUT2D eigenvalue weighted by Crippen LogP contribution is 2.17. The Balaban J connectivity index is 2.13. The average molecular weight is 245 g/mol. The zero-order chi connectivity index (χ0) is 13.0. The first kappa shape index (κ1) is 12.8. The van der Waals surface area contributed by atoms with Crippen LogP contribution in [0.4, 0.5) is 0 Å². The van der Waals surface area contributed by atoms with Crippen molar-refractivity contribution in [2.24, 2.45) is 11.7 Å². The van der Waals surface area contributed by atoms with Gasteiger partial charge >= 0.3 is 0 Å². The van der Waals surface area contributed by atoms with Crippen LogP contribution in [0.2, 0.25) is 0 Å². The van der Waals surface area contributed by atoms with Gasteiger partial charge in [0, 0.05) is 12.0 Å². The van der Waals surface area contributed by atoms with Gasteiger partial charge in [0.25, 0.3) is 0 Å². The maximum absolute atomic E-state index is 5.58. The van der Waals surface area contributed by atoms with Gasteiger partial charge in [-0.2, -0.15) is 4.98 Å². The highest BCUT2D eigenvalue weighted by molar-refractivity contribution is 5.54. The fourth-order valence-electron chi connectivity index (χ4n) is 1.73. The first-order chi connectivity index (χ1) is 8.72.